The molecule has 4 heteroatoms. The zero-order valence-corrected chi connectivity index (χ0v) is 8.29. The van der Waals surface area contributed by atoms with E-state index in [0.717, 1.165) is 12.8 Å². The van der Waals surface area contributed by atoms with Gasteiger partial charge >= 0.3 is 0 Å². The van der Waals surface area contributed by atoms with E-state index in [4.69, 9.17) is 5.26 Å². The first kappa shape index (κ1) is 9.47. The number of nitrogens with zero attached hydrogens (tertiary/aromatic N) is 1. The second kappa shape index (κ2) is 3.58. The van der Waals surface area contributed by atoms with Gasteiger partial charge in [-0.2, -0.15) is 5.26 Å². The molecule has 2 bridgehead atoms. The first-order valence-corrected chi connectivity index (χ1v) is 5.16. The molecule has 1 aliphatic heterocycles. The predicted molar refractivity (Wildman–Crippen MR) is 51.3 cm³/mol. The third-order valence-electron chi connectivity index (χ3n) is 3.19. The van der Waals surface area contributed by atoms with Gasteiger partial charge in [-0.3, -0.25) is 4.79 Å². The van der Waals surface area contributed by atoms with Crippen LogP contribution in [0.1, 0.15) is 26.2 Å². The van der Waals surface area contributed by atoms with Gasteiger partial charge in [0.25, 0.3) is 0 Å². The van der Waals surface area contributed by atoms with E-state index in [0.29, 0.717) is 12.0 Å². The monoisotopic (exact) mass is 193 g/mol. The van der Waals surface area contributed by atoms with E-state index in [-0.39, 0.29) is 18.0 Å². The van der Waals surface area contributed by atoms with Gasteiger partial charge < -0.3 is 10.6 Å². The Morgan fingerprint density at radius 3 is 2.93 bits per heavy atom. The van der Waals surface area contributed by atoms with Crippen LogP contribution in [0.25, 0.3) is 0 Å². The predicted octanol–water partition coefficient (Wildman–Crippen LogP) is 0.155. The zero-order chi connectivity index (χ0) is 10.1. The molecule has 0 aromatic heterocycles. The Labute approximate surface area is 83.7 Å². The summed E-state index contributed by atoms with van der Waals surface area (Å²) in [6, 6.07) is 2.10. The molecule has 0 radical (unpaired) electrons. The standard InChI is InChI=1S/C10H15N3O/c1-6(5-11)12-10(14)9-7-2-3-8(4-7)13-9/h6-9,13H,2-4H2,1H3,(H,12,14). The van der Waals surface area contributed by atoms with Crippen LogP contribution in [0, 0.1) is 17.2 Å². The van der Waals surface area contributed by atoms with Gasteiger partial charge in [0, 0.05) is 6.04 Å². The van der Waals surface area contributed by atoms with Crippen LogP contribution in [0.4, 0.5) is 0 Å². The summed E-state index contributed by atoms with van der Waals surface area (Å²) >= 11 is 0. The Morgan fingerprint density at radius 1 is 1.64 bits per heavy atom. The average molecular weight is 193 g/mol. The molecule has 1 amide bonds. The highest BCUT2D eigenvalue weighted by molar-refractivity contribution is 5.83. The SMILES string of the molecule is CC(C#N)NC(=O)C1NC2CCC1C2. The molecule has 2 rings (SSSR count). The summed E-state index contributed by atoms with van der Waals surface area (Å²) in [7, 11) is 0. The largest absolute Gasteiger partial charge is 0.339 e. The maximum absolute atomic E-state index is 11.7. The molecule has 0 aromatic rings. The summed E-state index contributed by atoms with van der Waals surface area (Å²) in [4.78, 5) is 11.7. The second-order valence-electron chi connectivity index (χ2n) is 4.27. The summed E-state index contributed by atoms with van der Waals surface area (Å²) in [5.41, 5.74) is 0. The molecule has 4 unspecified atom stereocenters. The molecule has 1 heterocycles. The Bertz CT molecular complexity index is 284. The normalized spacial score (nSPS) is 36.4. The molecule has 4 atom stereocenters. The number of nitriles is 1. The van der Waals surface area contributed by atoms with E-state index in [1.54, 1.807) is 6.92 Å². The van der Waals surface area contributed by atoms with Gasteiger partial charge in [-0.15, -0.1) is 0 Å². The summed E-state index contributed by atoms with van der Waals surface area (Å²) in [5, 5.41) is 14.6. The fourth-order valence-corrected chi connectivity index (χ4v) is 2.49. The van der Waals surface area contributed by atoms with Gasteiger partial charge in [0.05, 0.1) is 12.1 Å². The van der Waals surface area contributed by atoms with Gasteiger partial charge in [0.15, 0.2) is 0 Å². The minimum Gasteiger partial charge on any atom is -0.339 e. The highest BCUT2D eigenvalue weighted by Gasteiger charge is 2.42. The Morgan fingerprint density at radius 2 is 2.43 bits per heavy atom. The summed E-state index contributed by atoms with van der Waals surface area (Å²) in [6.07, 6.45) is 3.47. The molecule has 2 aliphatic rings. The van der Waals surface area contributed by atoms with Crippen LogP contribution in [0.5, 0.6) is 0 Å². The number of nitrogens with one attached hydrogen (secondary N) is 2. The highest BCUT2D eigenvalue weighted by atomic mass is 16.2. The highest BCUT2D eigenvalue weighted by Crippen LogP contribution is 2.35. The molecule has 0 aromatic carbocycles. The van der Waals surface area contributed by atoms with Crippen LogP contribution in [0.2, 0.25) is 0 Å². The minimum atomic E-state index is -0.386. The third-order valence-corrected chi connectivity index (χ3v) is 3.19. The lowest BCUT2D eigenvalue weighted by Crippen LogP contribution is -2.49. The lowest BCUT2D eigenvalue weighted by molar-refractivity contribution is -0.124. The zero-order valence-electron chi connectivity index (χ0n) is 8.29. The molecule has 2 fully saturated rings. The number of piperidine rings is 1. The van der Waals surface area contributed by atoms with Crippen molar-refractivity contribution in [2.75, 3.05) is 0 Å². The van der Waals surface area contributed by atoms with Crippen molar-refractivity contribution in [2.24, 2.45) is 5.92 Å². The van der Waals surface area contributed by atoms with Crippen molar-refractivity contribution in [3.63, 3.8) is 0 Å². The maximum atomic E-state index is 11.7. The van der Waals surface area contributed by atoms with E-state index in [1.807, 2.05) is 6.07 Å². The van der Waals surface area contributed by atoms with E-state index < -0.39 is 0 Å². The van der Waals surface area contributed by atoms with Crippen molar-refractivity contribution in [3.8, 4) is 6.07 Å². The number of amides is 1. The van der Waals surface area contributed by atoms with Crippen molar-refractivity contribution in [3.05, 3.63) is 0 Å². The molecule has 76 valence electrons. The Hall–Kier alpha value is -1.08. The van der Waals surface area contributed by atoms with E-state index in [1.165, 1.54) is 6.42 Å². The van der Waals surface area contributed by atoms with Crippen LogP contribution in [0.3, 0.4) is 0 Å². The van der Waals surface area contributed by atoms with Crippen molar-refractivity contribution in [1.29, 1.82) is 5.26 Å². The van der Waals surface area contributed by atoms with Gasteiger partial charge in [0.2, 0.25) is 5.91 Å². The summed E-state index contributed by atoms with van der Waals surface area (Å²) < 4.78 is 0. The molecule has 1 aliphatic carbocycles. The third kappa shape index (κ3) is 1.60. The number of hydrogen-bond acceptors (Lipinski definition) is 3. The van der Waals surface area contributed by atoms with Gasteiger partial charge in [-0.25, -0.2) is 0 Å². The molecule has 4 nitrogen and oxygen atoms in total. The van der Waals surface area contributed by atoms with Crippen molar-refractivity contribution in [2.45, 2.75) is 44.3 Å². The quantitative estimate of drug-likeness (QED) is 0.656. The first-order chi connectivity index (χ1) is 6.70. The Kier molecular flexibility index (Phi) is 2.42. The lowest BCUT2D eigenvalue weighted by Gasteiger charge is -2.22. The molecular weight excluding hydrogens is 178 g/mol. The first-order valence-electron chi connectivity index (χ1n) is 5.16. The molecule has 1 saturated heterocycles. The van der Waals surface area contributed by atoms with Crippen molar-refractivity contribution in [1.82, 2.24) is 10.6 Å². The lowest BCUT2D eigenvalue weighted by atomic mass is 9.99. The van der Waals surface area contributed by atoms with E-state index >= 15 is 0 Å². The van der Waals surface area contributed by atoms with E-state index in [9.17, 15) is 4.79 Å². The van der Waals surface area contributed by atoms with Crippen molar-refractivity contribution >= 4 is 5.91 Å². The fraction of sp³-hybridized carbons (Fsp3) is 0.800. The number of hydrogen-bond donors (Lipinski definition) is 2. The smallest absolute Gasteiger partial charge is 0.238 e. The molecule has 1 saturated carbocycles. The molecule has 14 heavy (non-hydrogen) atoms. The summed E-state index contributed by atoms with van der Waals surface area (Å²) in [5.74, 6) is 0.483. The van der Waals surface area contributed by atoms with E-state index in [2.05, 4.69) is 10.6 Å². The number of rotatable bonds is 2. The van der Waals surface area contributed by atoms with Gasteiger partial charge in [-0.1, -0.05) is 0 Å². The van der Waals surface area contributed by atoms with Gasteiger partial charge in [-0.05, 0) is 32.1 Å². The molecular formula is C10H15N3O. The maximum Gasteiger partial charge on any atom is 0.238 e. The molecule has 2 N–H and O–H groups in total. The number of carbonyl (C=O) groups is 1. The molecule has 0 spiro atoms. The Balaban J connectivity index is 1.90. The van der Waals surface area contributed by atoms with Crippen molar-refractivity contribution < 1.29 is 4.79 Å². The number of carbonyl (C=O) groups excluding carboxylic acids is 1. The fourth-order valence-electron chi connectivity index (χ4n) is 2.49. The van der Waals surface area contributed by atoms with Crippen LogP contribution in [-0.4, -0.2) is 24.0 Å². The van der Waals surface area contributed by atoms with Crippen LogP contribution in [-0.2, 0) is 4.79 Å². The minimum absolute atomic E-state index is 0.00810. The second-order valence-corrected chi connectivity index (χ2v) is 4.27. The van der Waals surface area contributed by atoms with Gasteiger partial charge in [0.1, 0.15) is 6.04 Å². The summed E-state index contributed by atoms with van der Waals surface area (Å²) in [6.45, 7) is 1.70. The topological polar surface area (TPSA) is 64.9 Å². The average Bonchev–Trinajstić information content (AvgIpc) is 2.78. The number of fused-ring (bicyclic) bond motifs is 2. The van der Waals surface area contributed by atoms with Crippen LogP contribution < -0.4 is 10.6 Å². The van der Waals surface area contributed by atoms with Crippen LogP contribution in [0.15, 0.2) is 0 Å². The van der Waals surface area contributed by atoms with Crippen LogP contribution >= 0.6 is 0 Å².